The Labute approximate surface area is 374 Å². The Kier molecular flexibility index (Phi) is 12.3. The number of anilines is 1. The largest absolute Gasteiger partial charge is 0.386 e. The molecule has 0 radical (unpaired) electrons. The van der Waals surface area contributed by atoms with Crippen molar-refractivity contribution in [3.63, 3.8) is 0 Å². The van der Waals surface area contributed by atoms with E-state index in [9.17, 15) is 33.2 Å². The van der Waals surface area contributed by atoms with Crippen LogP contribution in [0.5, 0.6) is 0 Å². The van der Waals surface area contributed by atoms with Crippen molar-refractivity contribution in [2.24, 2.45) is 23.9 Å². The van der Waals surface area contributed by atoms with Crippen molar-refractivity contribution >= 4 is 51.9 Å². The first-order valence-corrected chi connectivity index (χ1v) is 21.8. The Balaban J connectivity index is 0.905. The lowest BCUT2D eigenvalue weighted by molar-refractivity contribution is -0.135. The van der Waals surface area contributed by atoms with E-state index in [0.717, 1.165) is 31.6 Å². The molecule has 340 valence electrons. The van der Waals surface area contributed by atoms with Gasteiger partial charge in [0.2, 0.25) is 11.8 Å². The molecule has 1 unspecified atom stereocenters. The number of carbonyl (C=O) groups excluding carboxylic acids is 4. The molecule has 2 saturated heterocycles. The number of halogens is 1. The van der Waals surface area contributed by atoms with Gasteiger partial charge in [-0.25, -0.2) is 24.2 Å². The number of aliphatic imine (C=N–C) groups is 1. The molecule has 0 spiro atoms. The molecule has 18 nitrogen and oxygen atoms in total. The van der Waals surface area contributed by atoms with E-state index in [-0.39, 0.29) is 71.6 Å². The summed E-state index contributed by atoms with van der Waals surface area (Å²) >= 11 is 0. The van der Waals surface area contributed by atoms with Crippen LogP contribution in [0.25, 0.3) is 16.9 Å². The SMILES string of the molecule is C=C1C(NC)=CC(=Nc2cccn(-c3ccc(C(=O)N(C)CC4CCN(c5ccc6c(c5)n(C)c(=O)n6C5CCC(=O)NC5=O)CC4)cn3)c2=O)NN1/C(=C\C(C)C)C(=O)N[C@@H]1C[C@@H]1F. The summed E-state index contributed by atoms with van der Waals surface area (Å²) in [6.45, 7) is 10.0. The Bertz CT molecular complexity index is 2800. The van der Waals surface area contributed by atoms with Gasteiger partial charge in [-0.15, -0.1) is 0 Å². The summed E-state index contributed by atoms with van der Waals surface area (Å²) in [6, 6.07) is 11.0. The van der Waals surface area contributed by atoms with Crippen LogP contribution in [0.2, 0.25) is 0 Å². The lowest BCUT2D eigenvalue weighted by Gasteiger charge is -2.35. The first kappa shape index (κ1) is 44.3. The number of hydrogen-bond acceptors (Lipinski definition) is 11. The van der Waals surface area contributed by atoms with Crippen molar-refractivity contribution in [1.29, 1.82) is 0 Å². The first-order chi connectivity index (χ1) is 31.1. The van der Waals surface area contributed by atoms with E-state index in [0.29, 0.717) is 34.5 Å². The molecule has 3 atom stereocenters. The molecular weight excluding hydrogens is 836 g/mol. The Morgan fingerprint density at radius 2 is 1.83 bits per heavy atom. The number of carbonyl (C=O) groups is 4. The predicted octanol–water partition coefficient (Wildman–Crippen LogP) is 3.09. The Hall–Kier alpha value is -7.31. The maximum Gasteiger partial charge on any atom is 0.329 e. The summed E-state index contributed by atoms with van der Waals surface area (Å²) < 4.78 is 18.1. The minimum atomic E-state index is -1.08. The van der Waals surface area contributed by atoms with Crippen LogP contribution in [-0.4, -0.2) is 104 Å². The second-order valence-corrected chi connectivity index (χ2v) is 17.3. The zero-order valence-corrected chi connectivity index (χ0v) is 37.0. The number of imidazole rings is 1. The molecule has 19 heteroatoms. The molecule has 4 aliphatic rings. The van der Waals surface area contributed by atoms with E-state index < -0.39 is 35.6 Å². The van der Waals surface area contributed by atoms with Gasteiger partial charge in [0.1, 0.15) is 35.3 Å². The van der Waals surface area contributed by atoms with Gasteiger partial charge in [-0.2, -0.15) is 0 Å². The highest BCUT2D eigenvalue weighted by atomic mass is 19.1. The fourth-order valence-corrected chi connectivity index (χ4v) is 8.53. The van der Waals surface area contributed by atoms with E-state index in [4.69, 9.17) is 0 Å². The quantitative estimate of drug-likeness (QED) is 0.120. The maximum absolute atomic E-state index is 13.8. The second kappa shape index (κ2) is 18.1. The number of nitrogens with zero attached hydrogens (tertiary/aromatic N) is 8. The molecule has 3 aromatic heterocycles. The molecule has 1 saturated carbocycles. The lowest BCUT2D eigenvalue weighted by Crippen LogP contribution is -2.49. The maximum atomic E-state index is 13.8. The van der Waals surface area contributed by atoms with E-state index in [1.165, 1.54) is 24.9 Å². The second-order valence-electron chi connectivity index (χ2n) is 17.3. The number of benzene rings is 1. The predicted molar refractivity (Wildman–Crippen MR) is 243 cm³/mol. The number of hydrogen-bond donors (Lipinski definition) is 4. The number of pyridine rings is 2. The first-order valence-electron chi connectivity index (χ1n) is 21.8. The summed E-state index contributed by atoms with van der Waals surface area (Å²) in [5, 5.41) is 9.60. The van der Waals surface area contributed by atoms with Gasteiger partial charge in [0.05, 0.1) is 34.0 Å². The number of allylic oxidation sites excluding steroid dienone is 1. The van der Waals surface area contributed by atoms with E-state index in [1.807, 2.05) is 32.0 Å². The van der Waals surface area contributed by atoms with Crippen LogP contribution in [0.4, 0.5) is 15.8 Å². The fourth-order valence-electron chi connectivity index (χ4n) is 8.53. The van der Waals surface area contributed by atoms with Gasteiger partial charge in [-0.05, 0) is 73.6 Å². The van der Waals surface area contributed by atoms with Gasteiger partial charge >= 0.3 is 5.69 Å². The number of likely N-dealkylation sites (N-methyl/N-ethyl adjacent to an activating group) is 1. The number of hydrazine groups is 1. The standard InChI is InChI=1S/C46H53FN12O6/c1-26(2)20-38(43(62)51-34-22-31(34)47)59-27(3)33(48-4)23-39(53-59)50-32-8-7-17-57(45(32)64)40-13-9-29(24-49-40)44(63)54(5)25-28-15-18-56(19-16-28)30-10-11-35-37(21-30)55(6)46(65)58(35)36-12-14-41(60)52-42(36)61/h7-11,13,17,20-21,23-24,26,28,31,34,36,48H,3,12,14-16,18-19,22,25H2,1-2,4-6H3,(H,50,53)(H,51,62)(H,52,60,61)/b38-20-/t31-,34+,36?/m0/s1. The molecule has 1 aliphatic carbocycles. The zero-order chi connectivity index (χ0) is 46.3. The number of rotatable bonds is 12. The van der Waals surface area contributed by atoms with Crippen LogP contribution in [0.15, 0.2) is 105 Å². The van der Waals surface area contributed by atoms with Crippen molar-refractivity contribution in [2.75, 3.05) is 38.6 Å². The molecule has 3 fully saturated rings. The Morgan fingerprint density at radius 1 is 1.08 bits per heavy atom. The summed E-state index contributed by atoms with van der Waals surface area (Å²) in [5.74, 6) is -0.732. The smallest absolute Gasteiger partial charge is 0.329 e. The average Bonchev–Trinajstić information content (AvgIpc) is 3.93. The average molecular weight is 889 g/mol. The van der Waals surface area contributed by atoms with Crippen molar-refractivity contribution in [1.82, 2.24) is 50.0 Å². The van der Waals surface area contributed by atoms with Gasteiger partial charge in [0.15, 0.2) is 0 Å². The van der Waals surface area contributed by atoms with Gasteiger partial charge < -0.3 is 20.4 Å². The third kappa shape index (κ3) is 9.08. The van der Waals surface area contributed by atoms with Gasteiger partial charge in [0, 0.05) is 77.8 Å². The third-order valence-corrected chi connectivity index (χ3v) is 12.2. The number of aromatic nitrogens is 4. The third-order valence-electron chi connectivity index (χ3n) is 12.2. The van der Waals surface area contributed by atoms with Crippen molar-refractivity contribution in [3.05, 3.63) is 117 Å². The molecule has 4 N–H and O–H groups in total. The number of amidine groups is 1. The van der Waals surface area contributed by atoms with Crippen LogP contribution in [0.3, 0.4) is 0 Å². The number of fused-ring (bicyclic) bond motifs is 1. The Morgan fingerprint density at radius 3 is 2.49 bits per heavy atom. The van der Waals surface area contributed by atoms with Crippen molar-refractivity contribution in [2.45, 2.75) is 64.2 Å². The van der Waals surface area contributed by atoms with Crippen LogP contribution < -0.4 is 37.5 Å². The van der Waals surface area contributed by atoms with Crippen LogP contribution >= 0.6 is 0 Å². The number of amides is 4. The highest BCUT2D eigenvalue weighted by molar-refractivity contribution is 6.01. The number of aryl methyl sites for hydroxylation is 1. The number of piperidine rings is 2. The van der Waals surface area contributed by atoms with Gasteiger partial charge in [-0.1, -0.05) is 26.5 Å². The van der Waals surface area contributed by atoms with Crippen LogP contribution in [-0.2, 0) is 21.4 Å². The van der Waals surface area contributed by atoms with Crippen LogP contribution in [0.1, 0.15) is 62.4 Å². The summed E-state index contributed by atoms with van der Waals surface area (Å²) in [4.78, 5) is 91.4. The number of nitrogens with one attached hydrogen (secondary N) is 4. The summed E-state index contributed by atoms with van der Waals surface area (Å²) in [6.07, 6.45) is 7.72. The molecule has 6 heterocycles. The molecular formula is C46H53FN12O6. The van der Waals surface area contributed by atoms with E-state index in [2.05, 4.69) is 42.8 Å². The lowest BCUT2D eigenvalue weighted by atomic mass is 9.95. The highest BCUT2D eigenvalue weighted by Crippen LogP contribution is 2.30. The molecule has 0 bridgehead atoms. The van der Waals surface area contributed by atoms with E-state index in [1.54, 1.807) is 68.7 Å². The van der Waals surface area contributed by atoms with Crippen LogP contribution in [0, 0.1) is 11.8 Å². The molecule has 65 heavy (non-hydrogen) atoms. The minimum Gasteiger partial charge on any atom is -0.386 e. The molecule has 8 rings (SSSR count). The van der Waals surface area contributed by atoms with Gasteiger partial charge in [0.25, 0.3) is 17.4 Å². The van der Waals surface area contributed by atoms with Gasteiger partial charge in [-0.3, -0.25) is 48.4 Å². The molecule has 3 aliphatic heterocycles. The monoisotopic (exact) mass is 888 g/mol. The summed E-state index contributed by atoms with van der Waals surface area (Å²) in [7, 11) is 5.14. The zero-order valence-electron chi connectivity index (χ0n) is 37.0. The topological polar surface area (TPSA) is 200 Å². The number of alkyl halides is 1. The van der Waals surface area contributed by atoms with Crippen molar-refractivity contribution < 1.29 is 23.6 Å². The molecule has 4 amide bonds. The normalized spacial score (nSPS) is 21.1. The molecule has 1 aromatic carbocycles. The fraction of sp³-hybridized carbons (Fsp3) is 0.391. The van der Waals surface area contributed by atoms with E-state index >= 15 is 0 Å². The molecule has 4 aromatic rings. The number of imide groups is 1. The van der Waals surface area contributed by atoms with Crippen molar-refractivity contribution in [3.8, 4) is 5.82 Å². The highest BCUT2D eigenvalue weighted by Gasteiger charge is 2.40. The minimum absolute atomic E-state index is 0.0398. The summed E-state index contributed by atoms with van der Waals surface area (Å²) in [5.41, 5.74) is 6.23.